The van der Waals surface area contributed by atoms with Crippen molar-refractivity contribution < 1.29 is 19.3 Å². The van der Waals surface area contributed by atoms with Gasteiger partial charge in [0.05, 0.1) is 18.9 Å². The Labute approximate surface area is 161 Å². The van der Waals surface area contributed by atoms with Gasteiger partial charge in [0.1, 0.15) is 16.8 Å². The molecule has 4 N–H and O–H groups in total. The molecule has 2 aromatic carbocycles. The van der Waals surface area contributed by atoms with Crippen LogP contribution in [0, 0.1) is 6.92 Å². The van der Waals surface area contributed by atoms with Crippen LogP contribution in [0.4, 0.5) is 5.82 Å². The summed E-state index contributed by atoms with van der Waals surface area (Å²) in [4.78, 5) is 4.58. The van der Waals surface area contributed by atoms with Gasteiger partial charge < -0.3 is 19.6 Å². The zero-order valence-electron chi connectivity index (χ0n) is 15.5. The predicted molar refractivity (Wildman–Crippen MR) is 107 cm³/mol. The van der Waals surface area contributed by atoms with E-state index in [-0.39, 0.29) is 5.55 Å². The number of nitrogens with zero attached hydrogens (tertiary/aromatic N) is 1. The molecule has 6 nitrogen and oxygen atoms in total. The number of aromatic nitrogens is 1. The number of rotatable bonds is 1. The van der Waals surface area contributed by atoms with Gasteiger partial charge in [-0.15, -0.1) is 0 Å². The van der Waals surface area contributed by atoms with E-state index in [4.69, 9.17) is 25.0 Å². The molecule has 5 rings (SSSR count). The Balaban J connectivity index is 1.77. The van der Waals surface area contributed by atoms with Crippen LogP contribution in [0.15, 0.2) is 46.9 Å². The summed E-state index contributed by atoms with van der Waals surface area (Å²) in [6.07, 6.45) is 0.860. The number of hydrogen-bond donors (Lipinski definition) is 2. The lowest BCUT2D eigenvalue weighted by molar-refractivity contribution is -0.194. The van der Waals surface area contributed by atoms with Gasteiger partial charge in [-0.1, -0.05) is 11.6 Å². The van der Waals surface area contributed by atoms with E-state index in [0.29, 0.717) is 30.0 Å². The van der Waals surface area contributed by atoms with E-state index in [1.54, 1.807) is 0 Å². The van der Waals surface area contributed by atoms with Gasteiger partial charge in [0, 0.05) is 22.8 Å². The molecule has 1 aliphatic rings. The van der Waals surface area contributed by atoms with Gasteiger partial charge in [0.25, 0.3) is 0 Å². The molecule has 0 saturated carbocycles. The van der Waals surface area contributed by atoms with Crippen molar-refractivity contribution >= 4 is 27.6 Å². The number of pyridine rings is 1. The minimum atomic E-state index is 0.265. The maximum atomic E-state index is 6.28. The zero-order valence-corrected chi connectivity index (χ0v) is 15.5. The number of benzene rings is 2. The number of ether oxygens (including phenoxy) is 2. The van der Waals surface area contributed by atoms with Gasteiger partial charge in [-0.2, -0.15) is 0 Å². The minimum Gasteiger partial charge on any atom is -0.490 e. The highest BCUT2D eigenvalue weighted by atomic mass is 16.5. The lowest BCUT2D eigenvalue weighted by Gasteiger charge is -2.11. The molecule has 3 heterocycles. The first-order valence-corrected chi connectivity index (χ1v) is 9.22. The van der Waals surface area contributed by atoms with E-state index in [9.17, 15) is 0 Å². The van der Waals surface area contributed by atoms with Gasteiger partial charge in [-0.25, -0.2) is 10.4 Å². The van der Waals surface area contributed by atoms with Gasteiger partial charge in [0.2, 0.25) is 0 Å². The first-order chi connectivity index (χ1) is 13.6. The summed E-state index contributed by atoms with van der Waals surface area (Å²) in [6, 6.07) is 13.8. The number of nitrogen functional groups attached to an aromatic ring is 1. The standard InChI is InChI=1S/C22H19N3O3/c1-12-3-5-17-14(9-12)15-11-16(25-21(23)20(15)22(24)28-17)13-4-6-18-19(10-13)27-8-2-7-26-18/h3-6,9-11,24H,2,7-8H2,1H3,(H2,23,25)/p+1. The van der Waals surface area contributed by atoms with E-state index in [1.165, 1.54) is 0 Å². The van der Waals surface area contributed by atoms with Crippen LogP contribution in [0.25, 0.3) is 33.0 Å². The average molecular weight is 374 g/mol. The van der Waals surface area contributed by atoms with Crippen molar-refractivity contribution in [2.24, 2.45) is 0 Å². The first kappa shape index (κ1) is 16.6. The van der Waals surface area contributed by atoms with Gasteiger partial charge in [-0.05, 0) is 43.3 Å². The third-order valence-electron chi connectivity index (χ3n) is 4.98. The second kappa shape index (κ2) is 6.27. The molecule has 1 aliphatic heterocycles. The molecule has 2 aromatic heterocycles. The lowest BCUT2D eigenvalue weighted by Crippen LogP contribution is -2.45. The number of aryl methyl sites for hydroxylation is 1. The smallest absolute Gasteiger partial charge is 0.376 e. The third kappa shape index (κ3) is 2.65. The van der Waals surface area contributed by atoms with E-state index in [2.05, 4.69) is 11.1 Å². The van der Waals surface area contributed by atoms with E-state index < -0.39 is 0 Å². The Morgan fingerprint density at radius 1 is 0.964 bits per heavy atom. The van der Waals surface area contributed by atoms with E-state index >= 15 is 0 Å². The van der Waals surface area contributed by atoms with E-state index in [0.717, 1.165) is 45.5 Å². The average Bonchev–Trinajstić information content (AvgIpc) is 2.93. The fraction of sp³-hybridized carbons (Fsp3) is 0.182. The molecule has 28 heavy (non-hydrogen) atoms. The maximum Gasteiger partial charge on any atom is 0.376 e. The van der Waals surface area contributed by atoms with Gasteiger partial charge in [0.15, 0.2) is 11.5 Å². The van der Waals surface area contributed by atoms with Crippen LogP contribution < -0.4 is 26.2 Å². The summed E-state index contributed by atoms with van der Waals surface area (Å²) < 4.78 is 17.3. The second-order valence-electron chi connectivity index (χ2n) is 6.99. The topological polar surface area (TPSA) is 96.1 Å². The van der Waals surface area contributed by atoms with Crippen molar-refractivity contribution in [3.63, 3.8) is 0 Å². The number of nitrogens with two attached hydrogens (primary N) is 2. The molecule has 0 atom stereocenters. The van der Waals surface area contributed by atoms with Crippen LogP contribution in [-0.4, -0.2) is 18.2 Å². The second-order valence-corrected chi connectivity index (χ2v) is 6.99. The Hall–Kier alpha value is -3.54. The Morgan fingerprint density at radius 3 is 2.64 bits per heavy atom. The van der Waals surface area contributed by atoms with Crippen LogP contribution in [0.3, 0.4) is 0 Å². The molecule has 0 unspecified atom stereocenters. The Bertz CT molecular complexity index is 1290. The highest BCUT2D eigenvalue weighted by Gasteiger charge is 2.17. The maximum absolute atomic E-state index is 6.28. The van der Waals surface area contributed by atoms with Crippen molar-refractivity contribution in [3.05, 3.63) is 53.6 Å². The molecule has 0 radical (unpaired) electrons. The van der Waals surface area contributed by atoms with Crippen LogP contribution in [-0.2, 0) is 0 Å². The fourth-order valence-electron chi connectivity index (χ4n) is 3.62. The molecule has 0 aliphatic carbocycles. The highest BCUT2D eigenvalue weighted by Crippen LogP contribution is 2.36. The molecule has 4 aromatic rings. The van der Waals surface area contributed by atoms with Crippen molar-refractivity contribution in [3.8, 4) is 22.8 Å². The number of hydrogen-bond acceptors (Lipinski definition) is 5. The molecule has 140 valence electrons. The summed E-state index contributed by atoms with van der Waals surface area (Å²) in [5.41, 5.74) is 10.0. The van der Waals surface area contributed by atoms with Crippen molar-refractivity contribution in [2.45, 2.75) is 13.3 Å². The predicted octanol–water partition coefficient (Wildman–Crippen LogP) is 2.36. The quantitative estimate of drug-likeness (QED) is 0.499. The first-order valence-electron chi connectivity index (χ1n) is 9.22. The SMILES string of the molecule is Cc1ccc2oc(=[NH2+])c3c(N)nc(-c4ccc5c(c4)OCCCO5)cc3c2c1. The molecule has 0 bridgehead atoms. The zero-order chi connectivity index (χ0) is 19.3. The summed E-state index contributed by atoms with van der Waals surface area (Å²) in [6.45, 7) is 3.32. The molecular weight excluding hydrogens is 354 g/mol. The number of fused-ring (bicyclic) bond motifs is 4. The highest BCUT2D eigenvalue weighted by molar-refractivity contribution is 6.08. The van der Waals surface area contributed by atoms with Gasteiger partial charge >= 0.3 is 5.55 Å². The van der Waals surface area contributed by atoms with Gasteiger partial charge in [-0.3, -0.25) is 0 Å². The molecule has 0 amide bonds. The van der Waals surface area contributed by atoms with E-state index in [1.807, 2.05) is 43.3 Å². The Kier molecular flexibility index (Phi) is 3.72. The normalized spacial score (nSPS) is 13.6. The van der Waals surface area contributed by atoms with Crippen molar-refractivity contribution in [1.29, 1.82) is 0 Å². The molecule has 6 heteroatoms. The summed E-state index contributed by atoms with van der Waals surface area (Å²) in [5.74, 6) is 1.81. The summed E-state index contributed by atoms with van der Waals surface area (Å²) in [5, 5.41) is 8.64. The monoisotopic (exact) mass is 374 g/mol. The molecular formula is C22H20N3O3+. The molecule has 0 saturated heterocycles. The third-order valence-corrected chi connectivity index (χ3v) is 4.98. The minimum absolute atomic E-state index is 0.265. The van der Waals surface area contributed by atoms with Crippen molar-refractivity contribution in [1.82, 2.24) is 4.98 Å². The van der Waals surface area contributed by atoms with Crippen molar-refractivity contribution in [2.75, 3.05) is 18.9 Å². The van der Waals surface area contributed by atoms with Crippen LogP contribution >= 0.6 is 0 Å². The summed E-state index contributed by atoms with van der Waals surface area (Å²) >= 11 is 0. The molecule has 0 spiro atoms. The number of anilines is 1. The van der Waals surface area contributed by atoms with Crippen LogP contribution in [0.2, 0.25) is 0 Å². The molecule has 0 fully saturated rings. The fourth-order valence-corrected chi connectivity index (χ4v) is 3.62. The van der Waals surface area contributed by atoms with Crippen LogP contribution in [0.5, 0.6) is 11.5 Å². The summed E-state index contributed by atoms with van der Waals surface area (Å²) in [7, 11) is 0. The largest absolute Gasteiger partial charge is 0.490 e. The lowest BCUT2D eigenvalue weighted by atomic mass is 10.0. The van der Waals surface area contributed by atoms with Crippen LogP contribution in [0.1, 0.15) is 12.0 Å². The Morgan fingerprint density at radius 2 is 1.79 bits per heavy atom.